The first-order chi connectivity index (χ1) is 17.5. The topological polar surface area (TPSA) is 161 Å². The van der Waals surface area contributed by atoms with Crippen molar-refractivity contribution in [1.82, 2.24) is 30.2 Å². The molecule has 3 amide bonds. The maximum Gasteiger partial charge on any atom is 0.407 e. The zero-order valence-corrected chi connectivity index (χ0v) is 20.1. The van der Waals surface area contributed by atoms with Crippen LogP contribution in [0.25, 0.3) is 11.7 Å². The quantitative estimate of drug-likeness (QED) is 0.225. The van der Waals surface area contributed by atoms with E-state index in [4.69, 9.17) is 9.47 Å². The van der Waals surface area contributed by atoms with Crippen molar-refractivity contribution in [3.8, 4) is 0 Å². The third kappa shape index (κ3) is 5.73. The summed E-state index contributed by atoms with van der Waals surface area (Å²) in [5, 5.41) is 16.4. The van der Waals surface area contributed by atoms with Gasteiger partial charge in [-0.3, -0.25) is 14.9 Å². The molecule has 4 N–H and O–H groups in total. The number of hydrogen-bond acceptors (Lipinski definition) is 10. The van der Waals surface area contributed by atoms with E-state index >= 15 is 0 Å². The molecule has 5 rings (SSSR count). The Bertz CT molecular complexity index is 1180. The molecule has 2 aromatic heterocycles. The van der Waals surface area contributed by atoms with Gasteiger partial charge in [-0.25, -0.2) is 4.79 Å². The number of nitrogens with one attached hydrogen (secondary N) is 4. The van der Waals surface area contributed by atoms with E-state index in [2.05, 4.69) is 36.3 Å². The highest BCUT2D eigenvalue weighted by atomic mass is 16.6. The molecule has 1 saturated heterocycles. The zero-order chi connectivity index (χ0) is 25.1. The summed E-state index contributed by atoms with van der Waals surface area (Å²) in [6.07, 6.45) is 8.31. The Morgan fingerprint density at radius 2 is 1.81 bits per heavy atom. The van der Waals surface area contributed by atoms with E-state index in [0.717, 1.165) is 38.5 Å². The highest BCUT2D eigenvalue weighted by molar-refractivity contribution is 6.15. The lowest BCUT2D eigenvalue weighted by atomic mass is 9.91. The van der Waals surface area contributed by atoms with Gasteiger partial charge in [0, 0.05) is 36.4 Å². The van der Waals surface area contributed by atoms with Crippen molar-refractivity contribution in [2.24, 2.45) is 0 Å². The maximum atomic E-state index is 12.0. The SMILES string of the molecule is COCCOC(=O)NC1CCC(Nc2nc(NC3CC3)n3ncc(/C=C4\CC(=O)NC4=O)c3n2)CC1. The summed E-state index contributed by atoms with van der Waals surface area (Å²) >= 11 is 0. The number of aromatic nitrogens is 4. The van der Waals surface area contributed by atoms with Crippen molar-refractivity contribution < 1.29 is 23.9 Å². The van der Waals surface area contributed by atoms with E-state index in [-0.39, 0.29) is 31.0 Å². The van der Waals surface area contributed by atoms with Gasteiger partial charge in [0.05, 0.1) is 19.2 Å². The van der Waals surface area contributed by atoms with Gasteiger partial charge in [-0.05, 0) is 44.6 Å². The third-order valence-electron chi connectivity index (χ3n) is 6.43. The summed E-state index contributed by atoms with van der Waals surface area (Å²) < 4.78 is 11.6. The van der Waals surface area contributed by atoms with E-state index in [0.29, 0.717) is 41.3 Å². The van der Waals surface area contributed by atoms with Crippen LogP contribution in [0, 0.1) is 0 Å². The van der Waals surface area contributed by atoms with Crippen molar-refractivity contribution in [3.05, 3.63) is 17.3 Å². The second kappa shape index (κ2) is 10.5. The molecular weight excluding hydrogens is 468 g/mol. The Kier molecular flexibility index (Phi) is 6.98. The summed E-state index contributed by atoms with van der Waals surface area (Å²) in [4.78, 5) is 44.9. The Balaban J connectivity index is 1.28. The average molecular weight is 499 g/mol. The van der Waals surface area contributed by atoms with E-state index in [1.807, 2.05) is 0 Å². The summed E-state index contributed by atoms with van der Waals surface area (Å²) in [5.74, 6) is 0.337. The summed E-state index contributed by atoms with van der Waals surface area (Å²) in [6.45, 7) is 0.595. The van der Waals surface area contributed by atoms with Crippen LogP contribution in [0.4, 0.5) is 16.7 Å². The lowest BCUT2D eigenvalue weighted by molar-refractivity contribution is -0.124. The Hall–Kier alpha value is -3.74. The number of fused-ring (bicyclic) bond motifs is 1. The fraction of sp³-hybridized carbons (Fsp3) is 0.565. The largest absolute Gasteiger partial charge is 0.447 e. The highest BCUT2D eigenvalue weighted by Gasteiger charge is 2.27. The van der Waals surface area contributed by atoms with Crippen molar-refractivity contribution in [2.45, 2.75) is 63.1 Å². The Labute approximate surface area is 207 Å². The van der Waals surface area contributed by atoms with Gasteiger partial charge >= 0.3 is 6.09 Å². The maximum absolute atomic E-state index is 12.0. The molecule has 3 aliphatic rings. The molecule has 0 aromatic carbocycles. The van der Waals surface area contributed by atoms with Gasteiger partial charge in [0.2, 0.25) is 17.8 Å². The molecule has 0 bridgehead atoms. The minimum Gasteiger partial charge on any atom is -0.447 e. The van der Waals surface area contributed by atoms with E-state index in [9.17, 15) is 14.4 Å². The number of hydrogen-bond donors (Lipinski definition) is 4. The average Bonchev–Trinajstić information content (AvgIpc) is 3.49. The summed E-state index contributed by atoms with van der Waals surface area (Å²) in [7, 11) is 1.56. The number of methoxy groups -OCH3 is 1. The van der Waals surface area contributed by atoms with Gasteiger partial charge in [-0.1, -0.05) is 0 Å². The van der Waals surface area contributed by atoms with Gasteiger partial charge in [-0.2, -0.15) is 19.6 Å². The Morgan fingerprint density at radius 3 is 2.50 bits per heavy atom. The second-order valence-corrected chi connectivity index (χ2v) is 9.31. The molecule has 2 saturated carbocycles. The number of rotatable bonds is 9. The molecule has 13 heteroatoms. The van der Waals surface area contributed by atoms with Gasteiger partial charge in [0.1, 0.15) is 6.61 Å². The predicted octanol–water partition coefficient (Wildman–Crippen LogP) is 1.22. The molecule has 36 heavy (non-hydrogen) atoms. The minimum absolute atomic E-state index is 0.0384. The molecule has 0 atom stereocenters. The second-order valence-electron chi connectivity index (χ2n) is 9.31. The van der Waals surface area contributed by atoms with Crippen LogP contribution in [0.15, 0.2) is 11.8 Å². The smallest absolute Gasteiger partial charge is 0.407 e. The Morgan fingerprint density at radius 1 is 1.08 bits per heavy atom. The number of carbonyl (C=O) groups excluding carboxylic acids is 3. The number of carbonyl (C=O) groups is 3. The number of anilines is 2. The van der Waals surface area contributed by atoms with Crippen molar-refractivity contribution in [1.29, 1.82) is 0 Å². The predicted molar refractivity (Wildman–Crippen MR) is 129 cm³/mol. The van der Waals surface area contributed by atoms with E-state index in [1.54, 1.807) is 23.9 Å². The lowest BCUT2D eigenvalue weighted by Crippen LogP contribution is -2.40. The zero-order valence-electron chi connectivity index (χ0n) is 20.1. The van der Waals surface area contributed by atoms with Crippen LogP contribution in [0.5, 0.6) is 0 Å². The molecule has 0 radical (unpaired) electrons. The van der Waals surface area contributed by atoms with Crippen LogP contribution in [0.3, 0.4) is 0 Å². The van der Waals surface area contributed by atoms with Gasteiger partial charge in [0.15, 0.2) is 5.65 Å². The molecule has 0 unspecified atom stereocenters. The minimum atomic E-state index is -0.423. The van der Waals surface area contributed by atoms with Crippen molar-refractivity contribution >= 4 is 41.5 Å². The molecule has 2 aromatic rings. The van der Waals surface area contributed by atoms with E-state index < -0.39 is 12.0 Å². The van der Waals surface area contributed by atoms with Crippen LogP contribution < -0.4 is 21.3 Å². The van der Waals surface area contributed by atoms with Crippen LogP contribution >= 0.6 is 0 Å². The first kappa shape index (κ1) is 24.0. The molecule has 3 heterocycles. The summed E-state index contributed by atoms with van der Waals surface area (Å²) in [6, 6.07) is 0.555. The van der Waals surface area contributed by atoms with Gasteiger partial charge in [-0.15, -0.1) is 0 Å². The van der Waals surface area contributed by atoms with Crippen molar-refractivity contribution in [3.63, 3.8) is 0 Å². The molecule has 13 nitrogen and oxygen atoms in total. The van der Waals surface area contributed by atoms with E-state index in [1.165, 1.54) is 0 Å². The molecule has 192 valence electrons. The number of alkyl carbamates (subject to hydrolysis) is 1. The van der Waals surface area contributed by atoms with Crippen molar-refractivity contribution in [2.75, 3.05) is 31.0 Å². The fourth-order valence-electron chi connectivity index (χ4n) is 4.36. The number of nitrogens with zero attached hydrogens (tertiary/aromatic N) is 4. The van der Waals surface area contributed by atoms with Crippen LogP contribution in [-0.4, -0.2) is 75.9 Å². The van der Waals surface area contributed by atoms with Crippen LogP contribution in [0.1, 0.15) is 50.5 Å². The standard InChI is InChI=1S/C23H30N8O5/c1-35-8-9-36-23(34)27-17-6-2-15(3-7-17)25-21-29-19-14(10-13-11-18(32)28-20(13)33)12-24-31(19)22(30-21)26-16-4-5-16/h10,12,15-17H,2-9,11H2,1H3,(H,27,34)(H,28,32,33)(H2,25,26,29,30)/b13-10+. The van der Waals surface area contributed by atoms with Crippen LogP contribution in [-0.2, 0) is 19.1 Å². The number of imide groups is 1. The van der Waals surface area contributed by atoms with Gasteiger partial charge < -0.3 is 25.4 Å². The summed E-state index contributed by atoms with van der Waals surface area (Å²) in [5.41, 5.74) is 1.56. The normalized spacial score (nSPS) is 23.1. The number of ether oxygens (including phenoxy) is 2. The highest BCUT2D eigenvalue weighted by Crippen LogP contribution is 2.27. The molecule has 3 fully saturated rings. The molecule has 2 aliphatic carbocycles. The monoisotopic (exact) mass is 498 g/mol. The van der Waals surface area contributed by atoms with Gasteiger partial charge in [0.25, 0.3) is 5.91 Å². The van der Waals surface area contributed by atoms with Crippen LogP contribution in [0.2, 0.25) is 0 Å². The first-order valence-corrected chi connectivity index (χ1v) is 12.2. The first-order valence-electron chi connectivity index (χ1n) is 12.2. The fourth-order valence-corrected chi connectivity index (χ4v) is 4.36. The molecule has 0 spiro atoms. The molecule has 1 aliphatic heterocycles. The third-order valence-corrected chi connectivity index (χ3v) is 6.43. The number of amides is 3. The molecular formula is C23H30N8O5. The lowest BCUT2D eigenvalue weighted by Gasteiger charge is -2.29.